The smallest absolute Gasteiger partial charge is 0.462 e. The first-order chi connectivity index (χ1) is 46.9. The minimum atomic E-state index is -4.96. The van der Waals surface area contributed by atoms with Crippen LogP contribution in [0.1, 0.15) is 408 Å². The number of rotatable bonds is 77. The van der Waals surface area contributed by atoms with E-state index >= 15 is 0 Å². The molecule has 0 saturated heterocycles. The van der Waals surface area contributed by atoms with Crippen LogP contribution in [-0.4, -0.2) is 96.7 Å². The zero-order valence-electron chi connectivity index (χ0n) is 63.4. The van der Waals surface area contributed by atoms with Crippen molar-refractivity contribution in [3.8, 4) is 0 Å². The molecule has 0 fully saturated rings. The van der Waals surface area contributed by atoms with Gasteiger partial charge in [0.2, 0.25) is 0 Å². The van der Waals surface area contributed by atoms with Gasteiger partial charge in [0, 0.05) is 25.7 Å². The molecule has 0 aliphatic carbocycles. The Hall–Kier alpha value is -1.94. The molecule has 0 saturated carbocycles. The molecule has 0 amide bonds. The van der Waals surface area contributed by atoms with Crippen LogP contribution in [0.3, 0.4) is 0 Å². The van der Waals surface area contributed by atoms with Crippen LogP contribution in [0.25, 0.3) is 0 Å². The molecule has 0 spiro atoms. The van der Waals surface area contributed by atoms with Crippen LogP contribution >= 0.6 is 15.6 Å². The number of esters is 4. The molecule has 0 aromatic heterocycles. The fourth-order valence-electron chi connectivity index (χ4n) is 12.0. The Morgan fingerprint density at radius 1 is 0.278 bits per heavy atom. The summed E-state index contributed by atoms with van der Waals surface area (Å²) in [6, 6.07) is 0. The van der Waals surface area contributed by atoms with Crippen LogP contribution in [-0.2, 0) is 65.4 Å². The molecule has 0 heterocycles. The van der Waals surface area contributed by atoms with E-state index in [4.69, 9.17) is 37.0 Å². The molecule has 2 unspecified atom stereocenters. The maximum Gasteiger partial charge on any atom is 0.472 e. The second-order valence-electron chi connectivity index (χ2n) is 29.1. The molecular weight excluding hydrogens is 1270 g/mol. The molecule has 0 radical (unpaired) electrons. The van der Waals surface area contributed by atoms with E-state index in [0.717, 1.165) is 102 Å². The van der Waals surface area contributed by atoms with Gasteiger partial charge in [-0.1, -0.05) is 356 Å². The number of hydrogen-bond acceptors (Lipinski definition) is 15. The van der Waals surface area contributed by atoms with Gasteiger partial charge in [0.1, 0.15) is 19.3 Å². The molecule has 17 nitrogen and oxygen atoms in total. The summed E-state index contributed by atoms with van der Waals surface area (Å²) < 4.78 is 68.5. The Morgan fingerprint density at radius 3 is 0.701 bits per heavy atom. The fraction of sp³-hybridized carbons (Fsp3) is 0.949. The summed E-state index contributed by atoms with van der Waals surface area (Å²) in [6.07, 6.45) is 58.6. The van der Waals surface area contributed by atoms with Gasteiger partial charge in [0.25, 0.3) is 0 Å². The van der Waals surface area contributed by atoms with Gasteiger partial charge in [0.15, 0.2) is 12.2 Å². The lowest BCUT2D eigenvalue weighted by atomic mass is 10.0. The molecule has 0 bridgehead atoms. The summed E-state index contributed by atoms with van der Waals surface area (Å²) in [6.45, 7) is 9.54. The molecule has 0 aromatic rings. The first-order valence-electron chi connectivity index (χ1n) is 40.5. The zero-order valence-corrected chi connectivity index (χ0v) is 65.2. The van der Waals surface area contributed by atoms with Gasteiger partial charge in [-0.15, -0.1) is 0 Å². The zero-order chi connectivity index (χ0) is 71.4. The topological polar surface area (TPSA) is 237 Å². The summed E-state index contributed by atoms with van der Waals surface area (Å²) in [5, 5.41) is 10.6. The second kappa shape index (κ2) is 69.8. The molecule has 0 aliphatic heterocycles. The highest BCUT2D eigenvalue weighted by atomic mass is 31.2. The van der Waals surface area contributed by atoms with Crippen molar-refractivity contribution in [1.82, 2.24) is 0 Å². The van der Waals surface area contributed by atoms with Crippen molar-refractivity contribution in [3.05, 3.63) is 0 Å². The number of hydrogen-bond donors (Lipinski definition) is 3. The van der Waals surface area contributed by atoms with Crippen LogP contribution in [0, 0.1) is 11.8 Å². The maximum absolute atomic E-state index is 13.1. The highest BCUT2D eigenvalue weighted by molar-refractivity contribution is 7.47. The third-order valence-corrected chi connectivity index (χ3v) is 20.1. The fourth-order valence-corrected chi connectivity index (χ4v) is 13.6. The van der Waals surface area contributed by atoms with Crippen molar-refractivity contribution in [2.75, 3.05) is 39.6 Å². The molecule has 97 heavy (non-hydrogen) atoms. The number of ether oxygens (including phenoxy) is 4. The van der Waals surface area contributed by atoms with Gasteiger partial charge in [-0.2, -0.15) is 0 Å². The van der Waals surface area contributed by atoms with Gasteiger partial charge in [0.05, 0.1) is 26.4 Å². The van der Waals surface area contributed by atoms with Crippen LogP contribution in [0.4, 0.5) is 0 Å². The van der Waals surface area contributed by atoms with E-state index in [1.165, 1.54) is 218 Å². The third-order valence-electron chi connectivity index (χ3n) is 18.2. The average Bonchev–Trinajstić information content (AvgIpc) is 1.74. The standard InChI is InChI=1S/C78H152O17P2/c1-7-9-11-13-15-17-19-20-21-22-23-24-25-28-32-35-39-43-51-57-63-78(83)94-73(66-88-75(80)60-54-48-41-38-34-31-29-26-27-30-33-36-40-46-52-58-70(3)4)68-92-96(84,85)90-64-72(79)65-91-97(86,87)93-69-74(67-89-76(81)61-55-49-45-44-47-53-59-71(5)6)95-77(82)62-56-50-42-37-18-16-14-12-10-8-2/h70-74,79H,7-69H2,1-6H3,(H,84,85)(H,86,87)/t72-,73-,74-/m1/s1. The third kappa shape index (κ3) is 72.2. The minimum absolute atomic E-state index is 0.106. The highest BCUT2D eigenvalue weighted by Crippen LogP contribution is 2.45. The largest absolute Gasteiger partial charge is 0.472 e. The van der Waals surface area contributed by atoms with E-state index in [0.29, 0.717) is 31.6 Å². The van der Waals surface area contributed by atoms with Crippen molar-refractivity contribution in [1.29, 1.82) is 0 Å². The number of unbranched alkanes of at least 4 members (excludes halogenated alkanes) is 47. The Morgan fingerprint density at radius 2 is 0.474 bits per heavy atom. The Kier molecular flexibility index (Phi) is 68.4. The van der Waals surface area contributed by atoms with Gasteiger partial charge >= 0.3 is 39.5 Å². The molecule has 0 aliphatic rings. The molecule has 5 atom stereocenters. The second-order valence-corrected chi connectivity index (χ2v) is 32.0. The van der Waals surface area contributed by atoms with Crippen molar-refractivity contribution in [2.45, 2.75) is 426 Å². The van der Waals surface area contributed by atoms with Crippen LogP contribution < -0.4 is 0 Å². The number of aliphatic hydroxyl groups excluding tert-OH is 1. The minimum Gasteiger partial charge on any atom is -0.462 e. The predicted octanol–water partition coefficient (Wildman–Crippen LogP) is 23.1. The monoisotopic (exact) mass is 1420 g/mol. The van der Waals surface area contributed by atoms with E-state index < -0.39 is 97.5 Å². The molecule has 19 heteroatoms. The summed E-state index contributed by atoms with van der Waals surface area (Å²) in [5.74, 6) is -0.630. The number of carbonyl (C=O) groups is 4. The van der Waals surface area contributed by atoms with Crippen LogP contribution in [0.15, 0.2) is 0 Å². The molecule has 3 N–H and O–H groups in total. The number of carbonyl (C=O) groups excluding carboxylic acids is 4. The lowest BCUT2D eigenvalue weighted by Crippen LogP contribution is -2.30. The first kappa shape index (κ1) is 95.1. The van der Waals surface area contributed by atoms with Gasteiger partial charge < -0.3 is 33.8 Å². The quantitative estimate of drug-likeness (QED) is 0.0222. The van der Waals surface area contributed by atoms with Crippen LogP contribution in [0.2, 0.25) is 0 Å². The molecule has 0 aromatic carbocycles. The van der Waals surface area contributed by atoms with E-state index in [1.807, 2.05) is 0 Å². The number of phosphoric ester groups is 2. The Balaban J connectivity index is 5.19. The van der Waals surface area contributed by atoms with Gasteiger partial charge in [-0.25, -0.2) is 9.13 Å². The Labute approximate surface area is 594 Å². The number of phosphoric acid groups is 2. The Bertz CT molecular complexity index is 1870. The van der Waals surface area contributed by atoms with Gasteiger partial charge in [-0.3, -0.25) is 37.3 Å². The lowest BCUT2D eigenvalue weighted by molar-refractivity contribution is -0.161. The molecular formula is C78H152O17P2. The lowest BCUT2D eigenvalue weighted by Gasteiger charge is -2.21. The predicted molar refractivity (Wildman–Crippen MR) is 395 cm³/mol. The highest BCUT2D eigenvalue weighted by Gasteiger charge is 2.30. The maximum atomic E-state index is 13.1. The number of aliphatic hydroxyl groups is 1. The summed E-state index contributed by atoms with van der Waals surface area (Å²) >= 11 is 0. The average molecular weight is 1420 g/mol. The summed E-state index contributed by atoms with van der Waals surface area (Å²) in [4.78, 5) is 72.8. The molecule has 0 rings (SSSR count). The van der Waals surface area contributed by atoms with E-state index in [9.17, 15) is 43.2 Å². The van der Waals surface area contributed by atoms with Crippen molar-refractivity contribution in [3.63, 3.8) is 0 Å². The van der Waals surface area contributed by atoms with E-state index in [1.54, 1.807) is 0 Å². The first-order valence-corrected chi connectivity index (χ1v) is 43.5. The van der Waals surface area contributed by atoms with Crippen molar-refractivity contribution in [2.24, 2.45) is 11.8 Å². The summed E-state index contributed by atoms with van der Waals surface area (Å²) in [5.41, 5.74) is 0. The van der Waals surface area contributed by atoms with E-state index in [-0.39, 0.29) is 25.7 Å². The van der Waals surface area contributed by atoms with E-state index in [2.05, 4.69) is 41.5 Å². The van der Waals surface area contributed by atoms with Crippen molar-refractivity contribution < 1.29 is 80.2 Å². The van der Waals surface area contributed by atoms with Crippen LogP contribution in [0.5, 0.6) is 0 Å². The SMILES string of the molecule is CCCCCCCCCCCCCCCCCCCCCCC(=O)O[C@H](COC(=O)CCCCCCCCCCCCCCCCCC(C)C)COP(=O)(O)OC[C@@H](O)COP(=O)(O)OC[C@@H](COC(=O)CCCCCCCCC(C)C)OC(=O)CCCCCCCCCCCC. The van der Waals surface area contributed by atoms with Crippen molar-refractivity contribution >= 4 is 39.5 Å². The summed E-state index contributed by atoms with van der Waals surface area (Å²) in [7, 11) is -9.91. The van der Waals surface area contributed by atoms with Gasteiger partial charge in [-0.05, 0) is 37.5 Å². The molecule has 576 valence electrons. The normalized spacial score (nSPS) is 14.0.